The molecule has 1 fully saturated rings. The lowest BCUT2D eigenvalue weighted by molar-refractivity contribution is -0.143. The first-order valence-corrected chi connectivity index (χ1v) is 14.8. The number of sulfonamides is 1. The number of halogens is 1. The number of unbranched alkanes of at least 4 members (excludes halogenated alkanes) is 7. The van der Waals surface area contributed by atoms with Crippen molar-refractivity contribution in [3.05, 3.63) is 41.2 Å². The van der Waals surface area contributed by atoms with Gasteiger partial charge in [0.1, 0.15) is 11.1 Å². The second-order valence-electron chi connectivity index (χ2n) is 9.53. The van der Waals surface area contributed by atoms with E-state index >= 15 is 0 Å². The molecule has 202 valence electrons. The summed E-state index contributed by atoms with van der Waals surface area (Å²) >= 11 is 0. The predicted octanol–water partition coefficient (Wildman–Crippen LogP) is 5.65. The Labute approximate surface area is 214 Å². The van der Waals surface area contributed by atoms with Crippen molar-refractivity contribution in [2.24, 2.45) is 0 Å². The molecule has 2 aliphatic rings. The number of esters is 1. The third-order valence-corrected chi connectivity index (χ3v) is 8.50. The van der Waals surface area contributed by atoms with E-state index in [-0.39, 0.29) is 18.6 Å². The molecule has 9 heteroatoms. The van der Waals surface area contributed by atoms with Crippen molar-refractivity contribution in [2.75, 3.05) is 24.5 Å². The fourth-order valence-corrected chi connectivity index (χ4v) is 6.43. The molecule has 1 atom stereocenters. The molecule has 1 N–H and O–H groups in total. The van der Waals surface area contributed by atoms with Gasteiger partial charge in [0.25, 0.3) is 0 Å². The van der Waals surface area contributed by atoms with Crippen LogP contribution in [-0.4, -0.2) is 45.2 Å². The summed E-state index contributed by atoms with van der Waals surface area (Å²) in [6.07, 6.45) is 11.6. The van der Waals surface area contributed by atoms with Crippen molar-refractivity contribution in [1.82, 2.24) is 0 Å². The van der Waals surface area contributed by atoms with Gasteiger partial charge >= 0.3 is 5.97 Å². The maximum atomic E-state index is 14.0. The Balaban J connectivity index is 1.70. The molecule has 3 rings (SSSR count). The van der Waals surface area contributed by atoms with Crippen LogP contribution in [0.15, 0.2) is 29.8 Å². The molecule has 1 aromatic carbocycles. The van der Waals surface area contributed by atoms with Crippen LogP contribution < -0.4 is 4.72 Å². The summed E-state index contributed by atoms with van der Waals surface area (Å²) < 4.78 is 60.1. The van der Waals surface area contributed by atoms with E-state index in [9.17, 15) is 17.6 Å². The van der Waals surface area contributed by atoms with Gasteiger partial charge < -0.3 is 14.2 Å². The number of aryl methyl sites for hydroxylation is 1. The largest absolute Gasteiger partial charge is 0.463 e. The van der Waals surface area contributed by atoms with Crippen LogP contribution in [0.1, 0.15) is 83.6 Å². The molecule has 1 heterocycles. The van der Waals surface area contributed by atoms with E-state index in [0.29, 0.717) is 37.3 Å². The summed E-state index contributed by atoms with van der Waals surface area (Å²) in [6, 6.07) is 4.08. The van der Waals surface area contributed by atoms with E-state index in [1.54, 1.807) is 6.92 Å². The maximum absolute atomic E-state index is 14.0. The SMILES string of the molecule is CCCCCCCCCCc1cc(F)ccc1NS(=O)(=O)C1CCC2(C=C1C(=O)OCC)OCCO2. The summed E-state index contributed by atoms with van der Waals surface area (Å²) in [7, 11) is -4.03. The molecule has 0 amide bonds. The lowest BCUT2D eigenvalue weighted by Gasteiger charge is -2.33. The molecule has 36 heavy (non-hydrogen) atoms. The number of carbonyl (C=O) groups excluding carboxylic acids is 1. The van der Waals surface area contributed by atoms with Gasteiger partial charge in [-0.15, -0.1) is 0 Å². The standard InChI is InChI=1S/C27H40FNO6S/c1-3-5-6-7-8-9-10-11-12-21-19-22(28)13-14-24(21)29-36(31,32)25-15-16-27(34-17-18-35-27)20-23(25)26(30)33-4-2/h13-14,19-20,25,29H,3-12,15-18H2,1-2H3. The zero-order chi connectivity index (χ0) is 26.0. The Kier molecular flexibility index (Phi) is 10.8. The molecule has 1 saturated heterocycles. The minimum Gasteiger partial charge on any atom is -0.463 e. The van der Waals surface area contributed by atoms with Gasteiger partial charge in [0.05, 0.1) is 31.1 Å². The van der Waals surface area contributed by atoms with Crippen molar-refractivity contribution in [1.29, 1.82) is 0 Å². The van der Waals surface area contributed by atoms with Crippen LogP contribution >= 0.6 is 0 Å². The first-order chi connectivity index (χ1) is 17.3. The molecular formula is C27H40FNO6S. The number of hydrogen-bond acceptors (Lipinski definition) is 6. The number of nitrogens with one attached hydrogen (secondary N) is 1. The predicted molar refractivity (Wildman–Crippen MR) is 138 cm³/mol. The maximum Gasteiger partial charge on any atom is 0.335 e. The van der Waals surface area contributed by atoms with E-state index in [4.69, 9.17) is 14.2 Å². The zero-order valence-corrected chi connectivity index (χ0v) is 22.3. The van der Waals surface area contributed by atoms with Crippen molar-refractivity contribution in [2.45, 2.75) is 95.5 Å². The average Bonchev–Trinajstić information content (AvgIpc) is 3.29. The lowest BCUT2D eigenvalue weighted by Crippen LogP contribution is -2.42. The Hall–Kier alpha value is -1.97. The summed E-state index contributed by atoms with van der Waals surface area (Å²) in [4.78, 5) is 12.7. The van der Waals surface area contributed by atoms with Gasteiger partial charge in [-0.3, -0.25) is 4.72 Å². The second kappa shape index (κ2) is 13.5. The lowest BCUT2D eigenvalue weighted by atomic mass is 9.94. The van der Waals surface area contributed by atoms with Gasteiger partial charge in [-0.2, -0.15) is 0 Å². The quantitative estimate of drug-likeness (QED) is 0.249. The highest BCUT2D eigenvalue weighted by atomic mass is 32.2. The number of anilines is 1. The molecule has 1 aliphatic heterocycles. The topological polar surface area (TPSA) is 90.9 Å². The van der Waals surface area contributed by atoms with Crippen molar-refractivity contribution < 1.29 is 31.8 Å². The van der Waals surface area contributed by atoms with Crippen LogP contribution in [0, 0.1) is 5.82 Å². The van der Waals surface area contributed by atoms with E-state index in [2.05, 4.69) is 11.6 Å². The minimum atomic E-state index is -4.03. The molecule has 1 unspecified atom stereocenters. The molecule has 1 spiro atoms. The van der Waals surface area contributed by atoms with Gasteiger partial charge in [-0.1, -0.05) is 51.9 Å². The smallest absolute Gasteiger partial charge is 0.335 e. The normalized spacial score (nSPS) is 19.3. The minimum absolute atomic E-state index is 0.00392. The van der Waals surface area contributed by atoms with Crippen LogP contribution in [0.4, 0.5) is 10.1 Å². The highest BCUT2D eigenvalue weighted by molar-refractivity contribution is 7.93. The zero-order valence-electron chi connectivity index (χ0n) is 21.5. The summed E-state index contributed by atoms with van der Waals surface area (Å²) in [6.45, 7) is 4.73. The van der Waals surface area contributed by atoms with Crippen LogP contribution in [-0.2, 0) is 35.4 Å². The van der Waals surface area contributed by atoms with E-state index in [0.717, 1.165) is 19.3 Å². The van der Waals surface area contributed by atoms with Crippen LogP contribution in [0.3, 0.4) is 0 Å². The Morgan fingerprint density at radius 1 is 1.08 bits per heavy atom. The van der Waals surface area contributed by atoms with E-state index in [1.807, 2.05) is 0 Å². The van der Waals surface area contributed by atoms with Gasteiger partial charge in [0, 0.05) is 6.42 Å². The van der Waals surface area contributed by atoms with E-state index < -0.39 is 32.8 Å². The average molecular weight is 526 g/mol. The Bertz CT molecular complexity index is 1000. The Morgan fingerprint density at radius 2 is 1.75 bits per heavy atom. The molecule has 1 aliphatic carbocycles. The van der Waals surface area contributed by atoms with Crippen LogP contribution in [0.5, 0.6) is 0 Å². The van der Waals surface area contributed by atoms with Gasteiger partial charge in [0.2, 0.25) is 10.0 Å². The Morgan fingerprint density at radius 3 is 2.42 bits per heavy atom. The molecule has 1 aromatic rings. The van der Waals surface area contributed by atoms with Crippen LogP contribution in [0.25, 0.3) is 0 Å². The molecular weight excluding hydrogens is 485 g/mol. The number of hydrogen-bond donors (Lipinski definition) is 1. The number of rotatable bonds is 14. The molecule has 0 bridgehead atoms. The number of benzene rings is 1. The van der Waals surface area contributed by atoms with Crippen LogP contribution in [0.2, 0.25) is 0 Å². The first kappa shape index (κ1) is 28.6. The number of ether oxygens (including phenoxy) is 3. The van der Waals surface area contributed by atoms with Crippen molar-refractivity contribution in [3.8, 4) is 0 Å². The highest BCUT2D eigenvalue weighted by Crippen LogP contribution is 2.38. The van der Waals surface area contributed by atoms with Crippen molar-refractivity contribution >= 4 is 21.7 Å². The molecule has 0 aromatic heterocycles. The van der Waals surface area contributed by atoms with Gasteiger partial charge in [-0.05, 0) is 56.0 Å². The monoisotopic (exact) mass is 525 g/mol. The van der Waals surface area contributed by atoms with Crippen molar-refractivity contribution in [3.63, 3.8) is 0 Å². The fraction of sp³-hybridized carbons (Fsp3) is 0.667. The second-order valence-corrected chi connectivity index (χ2v) is 11.4. The van der Waals surface area contributed by atoms with Gasteiger partial charge in [0.15, 0.2) is 5.79 Å². The van der Waals surface area contributed by atoms with Gasteiger partial charge in [-0.25, -0.2) is 17.6 Å². The molecule has 0 saturated carbocycles. The fourth-order valence-electron chi connectivity index (χ4n) is 4.86. The first-order valence-electron chi connectivity index (χ1n) is 13.3. The third kappa shape index (κ3) is 7.76. The summed E-state index contributed by atoms with van der Waals surface area (Å²) in [5, 5.41) is -1.13. The molecule has 0 radical (unpaired) electrons. The summed E-state index contributed by atoms with van der Waals surface area (Å²) in [5.74, 6) is -2.20. The third-order valence-electron chi connectivity index (χ3n) is 6.76. The molecule has 7 nitrogen and oxygen atoms in total. The summed E-state index contributed by atoms with van der Waals surface area (Å²) in [5.41, 5.74) is 0.960. The van der Waals surface area contributed by atoms with E-state index in [1.165, 1.54) is 56.4 Å². The number of carbonyl (C=O) groups is 1. The highest BCUT2D eigenvalue weighted by Gasteiger charge is 2.46.